The van der Waals surface area contributed by atoms with E-state index >= 15 is 0 Å². The third kappa shape index (κ3) is 5.38. The smallest absolute Gasteiger partial charge is 0.155 e. The number of hydrogen-bond acceptors (Lipinski definition) is 2. The number of sulfone groups is 1. The van der Waals surface area contributed by atoms with E-state index in [0.717, 1.165) is 16.8 Å². The van der Waals surface area contributed by atoms with Crippen LogP contribution in [0.4, 0.5) is 0 Å². The van der Waals surface area contributed by atoms with Gasteiger partial charge in [0.1, 0.15) is 0 Å². The third-order valence-corrected chi connectivity index (χ3v) is 7.19. The molecule has 114 valence electrons. The van der Waals surface area contributed by atoms with E-state index in [4.69, 9.17) is 11.6 Å². The van der Waals surface area contributed by atoms with Gasteiger partial charge >= 0.3 is 0 Å². The lowest BCUT2D eigenvalue weighted by atomic mass is 9.99. The minimum absolute atomic E-state index is 0.236. The Morgan fingerprint density at radius 2 is 1.75 bits per heavy atom. The van der Waals surface area contributed by atoms with E-state index in [0.29, 0.717) is 12.3 Å². The fourth-order valence-electron chi connectivity index (χ4n) is 1.82. The van der Waals surface area contributed by atoms with Gasteiger partial charge in [-0.05, 0) is 57.2 Å². The standard InChI is InChI=1S/C15H22BrClO2S/c1-15(2,3)20(18,19)9-8-13(11-16)10-12-4-6-14(17)7-5-12/h4-7,13H,8-11H2,1-3H3. The zero-order valence-electron chi connectivity index (χ0n) is 12.2. The number of hydrogen-bond donors (Lipinski definition) is 0. The molecular weight excluding hydrogens is 360 g/mol. The van der Waals surface area contributed by atoms with Crippen molar-refractivity contribution in [3.63, 3.8) is 0 Å². The van der Waals surface area contributed by atoms with Gasteiger partial charge in [0.15, 0.2) is 9.84 Å². The maximum atomic E-state index is 12.1. The van der Waals surface area contributed by atoms with Gasteiger partial charge in [0, 0.05) is 10.4 Å². The highest BCUT2D eigenvalue weighted by Gasteiger charge is 2.29. The lowest BCUT2D eigenvalue weighted by Crippen LogP contribution is -2.31. The molecule has 0 spiro atoms. The van der Waals surface area contributed by atoms with Crippen molar-refractivity contribution in [1.29, 1.82) is 0 Å². The normalized spacial score (nSPS) is 14.2. The molecule has 0 amide bonds. The summed E-state index contributed by atoms with van der Waals surface area (Å²) < 4.78 is 23.6. The van der Waals surface area contributed by atoms with Crippen molar-refractivity contribution in [2.75, 3.05) is 11.1 Å². The van der Waals surface area contributed by atoms with Gasteiger partial charge in [0.25, 0.3) is 0 Å². The zero-order valence-corrected chi connectivity index (χ0v) is 15.4. The molecule has 0 aromatic heterocycles. The molecule has 5 heteroatoms. The van der Waals surface area contributed by atoms with Crippen LogP contribution < -0.4 is 0 Å². The molecule has 0 N–H and O–H groups in total. The Morgan fingerprint density at radius 1 is 1.20 bits per heavy atom. The molecule has 0 fully saturated rings. The van der Waals surface area contributed by atoms with Gasteiger partial charge in [-0.2, -0.15) is 0 Å². The third-order valence-electron chi connectivity index (χ3n) is 3.38. The Kier molecular flexibility index (Phi) is 6.55. The van der Waals surface area contributed by atoms with Gasteiger partial charge < -0.3 is 0 Å². The van der Waals surface area contributed by atoms with Crippen LogP contribution in [0.25, 0.3) is 0 Å². The monoisotopic (exact) mass is 380 g/mol. The topological polar surface area (TPSA) is 34.1 Å². The van der Waals surface area contributed by atoms with Crippen molar-refractivity contribution in [2.45, 2.75) is 38.4 Å². The van der Waals surface area contributed by atoms with E-state index in [-0.39, 0.29) is 5.75 Å². The summed E-state index contributed by atoms with van der Waals surface area (Å²) in [6.45, 7) is 5.26. The summed E-state index contributed by atoms with van der Waals surface area (Å²) in [6, 6.07) is 7.73. The second kappa shape index (κ2) is 7.28. The summed E-state index contributed by atoms with van der Waals surface area (Å²) >= 11 is 9.35. The van der Waals surface area contributed by atoms with E-state index in [1.54, 1.807) is 20.8 Å². The van der Waals surface area contributed by atoms with Crippen molar-refractivity contribution in [1.82, 2.24) is 0 Å². The van der Waals surface area contributed by atoms with Crippen LogP contribution in [0.5, 0.6) is 0 Å². The fourth-order valence-corrected chi connectivity index (χ4v) is 3.75. The maximum absolute atomic E-state index is 12.1. The van der Waals surface area contributed by atoms with Crippen LogP contribution in [0, 0.1) is 5.92 Å². The highest BCUT2D eigenvalue weighted by Crippen LogP contribution is 2.22. The van der Waals surface area contributed by atoms with Crippen molar-refractivity contribution in [3.05, 3.63) is 34.9 Å². The highest BCUT2D eigenvalue weighted by atomic mass is 79.9. The molecule has 0 aliphatic carbocycles. The first-order valence-corrected chi connectivity index (χ1v) is 9.83. The SMILES string of the molecule is CC(C)(C)S(=O)(=O)CCC(CBr)Cc1ccc(Cl)cc1. The predicted molar refractivity (Wildman–Crippen MR) is 90.6 cm³/mol. The van der Waals surface area contributed by atoms with Gasteiger partial charge in [-0.3, -0.25) is 0 Å². The van der Waals surface area contributed by atoms with Gasteiger partial charge in [-0.1, -0.05) is 39.7 Å². The van der Waals surface area contributed by atoms with Crippen molar-refractivity contribution >= 4 is 37.4 Å². The molecule has 0 aliphatic rings. The quantitative estimate of drug-likeness (QED) is 0.680. The van der Waals surface area contributed by atoms with Crippen LogP contribution in [0.2, 0.25) is 5.02 Å². The van der Waals surface area contributed by atoms with Gasteiger partial charge in [-0.15, -0.1) is 0 Å². The molecule has 0 radical (unpaired) electrons. The van der Waals surface area contributed by atoms with Gasteiger partial charge in [0.05, 0.1) is 10.5 Å². The highest BCUT2D eigenvalue weighted by molar-refractivity contribution is 9.09. The molecule has 2 nitrogen and oxygen atoms in total. The molecular formula is C15H22BrClO2S. The lowest BCUT2D eigenvalue weighted by molar-refractivity contribution is 0.532. The van der Waals surface area contributed by atoms with E-state index in [9.17, 15) is 8.42 Å². The minimum atomic E-state index is -3.04. The molecule has 0 aliphatic heterocycles. The van der Waals surface area contributed by atoms with E-state index in [1.807, 2.05) is 24.3 Å². The first kappa shape index (κ1) is 18.0. The van der Waals surface area contributed by atoms with Crippen molar-refractivity contribution in [2.24, 2.45) is 5.92 Å². The Labute approximate surface area is 136 Å². The summed E-state index contributed by atoms with van der Waals surface area (Å²) in [6.07, 6.45) is 1.54. The first-order chi connectivity index (χ1) is 9.15. The lowest BCUT2D eigenvalue weighted by Gasteiger charge is -2.21. The summed E-state index contributed by atoms with van der Waals surface area (Å²) in [7, 11) is -3.04. The number of alkyl halides is 1. The fraction of sp³-hybridized carbons (Fsp3) is 0.600. The summed E-state index contributed by atoms with van der Waals surface area (Å²) in [5.41, 5.74) is 1.19. The second-order valence-corrected chi connectivity index (χ2v) is 10.0. The Hall–Kier alpha value is -0.0600. The minimum Gasteiger partial charge on any atom is -0.228 e. The zero-order chi connectivity index (χ0) is 15.4. The number of halogens is 2. The molecule has 1 atom stereocenters. The first-order valence-electron chi connectivity index (χ1n) is 6.68. The van der Waals surface area contributed by atoms with E-state index in [1.165, 1.54) is 5.56 Å². The molecule has 0 bridgehead atoms. The Bertz CT molecular complexity index is 518. The molecule has 0 saturated heterocycles. The average molecular weight is 382 g/mol. The Balaban J connectivity index is 2.63. The molecule has 1 unspecified atom stereocenters. The Morgan fingerprint density at radius 3 is 2.20 bits per heavy atom. The van der Waals surface area contributed by atoms with E-state index < -0.39 is 14.6 Å². The van der Waals surface area contributed by atoms with Crippen LogP contribution >= 0.6 is 27.5 Å². The van der Waals surface area contributed by atoms with Gasteiger partial charge in [-0.25, -0.2) is 8.42 Å². The summed E-state index contributed by atoms with van der Waals surface area (Å²) in [4.78, 5) is 0. The van der Waals surface area contributed by atoms with Gasteiger partial charge in [0.2, 0.25) is 0 Å². The van der Waals surface area contributed by atoms with Crippen LogP contribution in [0.15, 0.2) is 24.3 Å². The van der Waals surface area contributed by atoms with Crippen LogP contribution in [-0.4, -0.2) is 24.2 Å². The molecule has 1 aromatic rings. The maximum Gasteiger partial charge on any atom is 0.155 e. The second-order valence-electron chi connectivity index (χ2n) is 6.07. The molecule has 0 saturated carbocycles. The molecule has 1 aromatic carbocycles. The summed E-state index contributed by atoms with van der Waals surface area (Å²) in [5, 5.41) is 1.52. The number of benzene rings is 1. The van der Waals surface area contributed by atoms with Crippen LogP contribution in [0.1, 0.15) is 32.8 Å². The van der Waals surface area contributed by atoms with Crippen molar-refractivity contribution in [3.8, 4) is 0 Å². The summed E-state index contributed by atoms with van der Waals surface area (Å²) in [5.74, 6) is 0.550. The number of rotatable bonds is 6. The van der Waals surface area contributed by atoms with Crippen molar-refractivity contribution < 1.29 is 8.42 Å². The van der Waals surface area contributed by atoms with Crippen LogP contribution in [0.3, 0.4) is 0 Å². The predicted octanol–water partition coefficient (Wildman–Crippen LogP) is 4.50. The average Bonchev–Trinajstić information content (AvgIpc) is 2.35. The van der Waals surface area contributed by atoms with Crippen LogP contribution in [-0.2, 0) is 16.3 Å². The molecule has 0 heterocycles. The van der Waals surface area contributed by atoms with E-state index in [2.05, 4.69) is 15.9 Å². The molecule has 1 rings (SSSR count). The molecule has 20 heavy (non-hydrogen) atoms. The largest absolute Gasteiger partial charge is 0.228 e.